The quantitative estimate of drug-likeness (QED) is 0.525. The first kappa shape index (κ1) is 21.7. The number of hydrogen-bond donors (Lipinski definition) is 2. The Morgan fingerprint density at radius 1 is 1.14 bits per heavy atom. The van der Waals surface area contributed by atoms with E-state index in [9.17, 15) is 9.59 Å². The molecule has 0 heterocycles. The van der Waals surface area contributed by atoms with Crippen LogP contribution in [0.1, 0.15) is 29.8 Å². The van der Waals surface area contributed by atoms with E-state index in [1.54, 1.807) is 42.5 Å². The number of amides is 2. The molecule has 8 heteroatoms. The van der Waals surface area contributed by atoms with Crippen LogP contribution in [0.3, 0.4) is 0 Å². The second-order valence-electron chi connectivity index (χ2n) is 6.30. The predicted molar refractivity (Wildman–Crippen MR) is 111 cm³/mol. The van der Waals surface area contributed by atoms with Gasteiger partial charge in [0.1, 0.15) is 11.8 Å². The molecule has 2 aromatic carbocycles. The van der Waals surface area contributed by atoms with Crippen LogP contribution in [0.4, 0.5) is 0 Å². The molecule has 0 bridgehead atoms. The Bertz CT molecular complexity index is 885. The lowest BCUT2D eigenvalue weighted by molar-refractivity contribution is -0.123. The van der Waals surface area contributed by atoms with Crippen LogP contribution >= 0.6 is 23.2 Å². The van der Waals surface area contributed by atoms with Crippen LogP contribution in [0.15, 0.2) is 47.6 Å². The maximum atomic E-state index is 12.5. The maximum Gasteiger partial charge on any atom is 0.262 e. The van der Waals surface area contributed by atoms with Gasteiger partial charge in [0.15, 0.2) is 0 Å². The van der Waals surface area contributed by atoms with E-state index in [0.717, 1.165) is 0 Å². The number of carbonyl (C=O) groups is 2. The Morgan fingerprint density at radius 3 is 2.50 bits per heavy atom. The molecular weight excluding hydrogens is 401 g/mol. The number of methoxy groups -OCH3 is 1. The Balaban J connectivity index is 2.08. The van der Waals surface area contributed by atoms with Crippen LogP contribution in [0.25, 0.3) is 0 Å². The zero-order chi connectivity index (χ0) is 20.7. The summed E-state index contributed by atoms with van der Waals surface area (Å²) < 4.78 is 5.22. The largest absolute Gasteiger partial charge is 0.496 e. The molecule has 2 amide bonds. The predicted octanol–water partition coefficient (Wildman–Crippen LogP) is 3.91. The van der Waals surface area contributed by atoms with Gasteiger partial charge in [0.2, 0.25) is 0 Å². The van der Waals surface area contributed by atoms with E-state index < -0.39 is 17.9 Å². The second kappa shape index (κ2) is 10.1. The standard InChI is InChI=1S/C20H21Cl2N3O3/c1-12(2)18(24-19(26)15-6-4-5-7-16(15)22)20(27)25-23-11-13-10-14(21)8-9-17(13)28-3/h4-12,18H,1-3H3,(H,24,26)(H,25,27)/b23-11+. The Morgan fingerprint density at radius 2 is 1.86 bits per heavy atom. The summed E-state index contributed by atoms with van der Waals surface area (Å²) in [6.45, 7) is 3.64. The van der Waals surface area contributed by atoms with E-state index in [2.05, 4.69) is 15.8 Å². The fraction of sp³-hybridized carbons (Fsp3) is 0.250. The van der Waals surface area contributed by atoms with E-state index in [0.29, 0.717) is 26.9 Å². The molecule has 0 aromatic heterocycles. The Hall–Kier alpha value is -2.57. The Kier molecular flexibility index (Phi) is 7.84. The summed E-state index contributed by atoms with van der Waals surface area (Å²) >= 11 is 12.0. The van der Waals surface area contributed by atoms with Gasteiger partial charge in [-0.25, -0.2) is 5.43 Å². The van der Waals surface area contributed by atoms with Crippen molar-refractivity contribution >= 4 is 41.2 Å². The second-order valence-corrected chi connectivity index (χ2v) is 7.14. The molecule has 148 valence electrons. The molecule has 0 spiro atoms. The molecule has 0 saturated carbocycles. The number of ether oxygens (including phenoxy) is 1. The van der Waals surface area contributed by atoms with Gasteiger partial charge in [0.25, 0.3) is 11.8 Å². The molecule has 1 unspecified atom stereocenters. The van der Waals surface area contributed by atoms with E-state index in [1.807, 2.05) is 13.8 Å². The summed E-state index contributed by atoms with van der Waals surface area (Å²) in [5.74, 6) is -0.482. The van der Waals surface area contributed by atoms with Crippen molar-refractivity contribution in [2.75, 3.05) is 7.11 Å². The van der Waals surface area contributed by atoms with Gasteiger partial charge in [-0.05, 0) is 36.2 Å². The third-order valence-corrected chi connectivity index (χ3v) is 4.49. The average molecular weight is 422 g/mol. The molecule has 2 rings (SSSR count). The van der Waals surface area contributed by atoms with Crippen LogP contribution in [-0.4, -0.2) is 31.2 Å². The van der Waals surface area contributed by atoms with Crippen LogP contribution in [0, 0.1) is 5.92 Å². The van der Waals surface area contributed by atoms with Crippen molar-refractivity contribution in [1.29, 1.82) is 0 Å². The van der Waals surface area contributed by atoms with Gasteiger partial charge in [0, 0.05) is 10.6 Å². The van der Waals surface area contributed by atoms with Crippen molar-refractivity contribution in [3.63, 3.8) is 0 Å². The highest BCUT2D eigenvalue weighted by molar-refractivity contribution is 6.33. The molecule has 0 aliphatic heterocycles. The van der Waals surface area contributed by atoms with Gasteiger partial charge in [-0.1, -0.05) is 49.2 Å². The molecule has 0 saturated heterocycles. The molecule has 0 radical (unpaired) electrons. The smallest absolute Gasteiger partial charge is 0.262 e. The van der Waals surface area contributed by atoms with Crippen molar-refractivity contribution < 1.29 is 14.3 Å². The van der Waals surface area contributed by atoms with E-state index >= 15 is 0 Å². The molecule has 6 nitrogen and oxygen atoms in total. The normalized spacial score (nSPS) is 12.1. The highest BCUT2D eigenvalue weighted by Crippen LogP contribution is 2.20. The summed E-state index contributed by atoms with van der Waals surface area (Å²) in [5, 5.41) is 7.48. The number of rotatable bonds is 7. The van der Waals surface area contributed by atoms with Crippen LogP contribution in [0.5, 0.6) is 5.75 Å². The average Bonchev–Trinajstić information content (AvgIpc) is 2.66. The summed E-state index contributed by atoms with van der Waals surface area (Å²) in [6, 6.07) is 10.9. The minimum Gasteiger partial charge on any atom is -0.496 e. The summed E-state index contributed by atoms with van der Waals surface area (Å²) in [4.78, 5) is 25.0. The lowest BCUT2D eigenvalue weighted by Crippen LogP contribution is -2.48. The molecule has 0 fully saturated rings. The molecule has 2 N–H and O–H groups in total. The van der Waals surface area contributed by atoms with E-state index in [4.69, 9.17) is 27.9 Å². The fourth-order valence-electron chi connectivity index (χ4n) is 2.44. The van der Waals surface area contributed by atoms with Gasteiger partial charge in [-0.2, -0.15) is 5.10 Å². The SMILES string of the molecule is COc1ccc(Cl)cc1/C=N/NC(=O)C(NC(=O)c1ccccc1Cl)C(C)C. The lowest BCUT2D eigenvalue weighted by Gasteiger charge is -2.20. The van der Waals surface area contributed by atoms with Gasteiger partial charge >= 0.3 is 0 Å². The number of halogens is 2. The first-order valence-electron chi connectivity index (χ1n) is 8.55. The van der Waals surface area contributed by atoms with Crippen LogP contribution in [-0.2, 0) is 4.79 Å². The van der Waals surface area contributed by atoms with Crippen molar-refractivity contribution in [3.8, 4) is 5.75 Å². The fourth-order valence-corrected chi connectivity index (χ4v) is 2.84. The van der Waals surface area contributed by atoms with Crippen molar-refractivity contribution in [3.05, 3.63) is 63.6 Å². The van der Waals surface area contributed by atoms with Crippen LogP contribution in [0.2, 0.25) is 10.0 Å². The number of carbonyl (C=O) groups excluding carboxylic acids is 2. The van der Waals surface area contributed by atoms with Crippen molar-refractivity contribution in [2.24, 2.45) is 11.0 Å². The van der Waals surface area contributed by atoms with Crippen molar-refractivity contribution in [1.82, 2.24) is 10.7 Å². The molecule has 0 aliphatic rings. The van der Waals surface area contributed by atoms with Crippen LogP contribution < -0.4 is 15.5 Å². The van der Waals surface area contributed by atoms with Gasteiger partial charge in [-0.3, -0.25) is 9.59 Å². The Labute approximate surface area is 173 Å². The van der Waals surface area contributed by atoms with Crippen molar-refractivity contribution in [2.45, 2.75) is 19.9 Å². The minimum atomic E-state index is -0.790. The van der Waals surface area contributed by atoms with Gasteiger partial charge in [-0.15, -0.1) is 0 Å². The summed E-state index contributed by atoms with van der Waals surface area (Å²) in [7, 11) is 1.53. The molecule has 2 aromatic rings. The van der Waals surface area contributed by atoms with E-state index in [1.165, 1.54) is 13.3 Å². The molecular formula is C20H21Cl2N3O3. The third-order valence-electron chi connectivity index (χ3n) is 3.92. The molecule has 1 atom stereocenters. The summed E-state index contributed by atoms with van der Waals surface area (Å²) in [5.41, 5.74) is 3.35. The number of benzene rings is 2. The number of nitrogens with zero attached hydrogens (tertiary/aromatic N) is 1. The number of hydrogen-bond acceptors (Lipinski definition) is 4. The lowest BCUT2D eigenvalue weighted by atomic mass is 10.0. The third kappa shape index (κ3) is 5.71. The first-order valence-corrected chi connectivity index (χ1v) is 9.31. The molecule has 28 heavy (non-hydrogen) atoms. The number of hydrazone groups is 1. The molecule has 0 aliphatic carbocycles. The van der Waals surface area contributed by atoms with Gasteiger partial charge in [0.05, 0.1) is 23.9 Å². The monoisotopic (exact) mass is 421 g/mol. The maximum absolute atomic E-state index is 12.5. The number of nitrogens with one attached hydrogen (secondary N) is 2. The highest BCUT2D eigenvalue weighted by atomic mass is 35.5. The van der Waals surface area contributed by atoms with Gasteiger partial charge < -0.3 is 10.1 Å². The highest BCUT2D eigenvalue weighted by Gasteiger charge is 2.25. The van der Waals surface area contributed by atoms with E-state index in [-0.39, 0.29) is 5.92 Å². The topological polar surface area (TPSA) is 79.8 Å². The minimum absolute atomic E-state index is 0.164. The zero-order valence-corrected chi connectivity index (χ0v) is 17.2. The first-order chi connectivity index (χ1) is 13.3. The zero-order valence-electron chi connectivity index (χ0n) is 15.7. The summed E-state index contributed by atoms with van der Waals surface area (Å²) in [6.07, 6.45) is 1.43.